The maximum absolute atomic E-state index is 11.2. The molecule has 0 aliphatic carbocycles. The highest BCUT2D eigenvalue weighted by Crippen LogP contribution is 2.01. The number of carbonyl (C=O) groups is 3. The number of carbonyl (C=O) groups excluding carboxylic acids is 3. The SMILES string of the molecule is COC(=O)CC[C@@H]1NC(=O)CNC1=O. The lowest BCUT2D eigenvalue weighted by atomic mass is 10.1. The molecule has 0 aromatic rings. The average molecular weight is 200 g/mol. The van der Waals surface area contributed by atoms with E-state index in [9.17, 15) is 14.4 Å². The molecular formula is C8H12N2O4. The number of hydrogen-bond donors (Lipinski definition) is 2. The third-order valence-electron chi connectivity index (χ3n) is 1.94. The van der Waals surface area contributed by atoms with Crippen molar-refractivity contribution in [2.75, 3.05) is 13.7 Å². The fourth-order valence-electron chi connectivity index (χ4n) is 1.17. The van der Waals surface area contributed by atoms with Gasteiger partial charge in [-0.1, -0.05) is 0 Å². The molecule has 0 saturated carbocycles. The standard InChI is InChI=1S/C8H12N2O4/c1-14-7(12)3-2-5-8(13)9-4-6(11)10-5/h5H,2-4H2,1H3,(H,9,13)(H,10,11)/t5-/m0/s1. The molecule has 2 amide bonds. The Kier molecular flexibility index (Phi) is 3.44. The van der Waals surface area contributed by atoms with Crippen molar-refractivity contribution < 1.29 is 19.1 Å². The summed E-state index contributed by atoms with van der Waals surface area (Å²) in [7, 11) is 1.28. The Balaban J connectivity index is 2.38. The second-order valence-electron chi connectivity index (χ2n) is 2.95. The average Bonchev–Trinajstić information content (AvgIpc) is 2.19. The van der Waals surface area contributed by atoms with Crippen LogP contribution in [0.3, 0.4) is 0 Å². The molecule has 0 spiro atoms. The minimum absolute atomic E-state index is 0.00750. The molecule has 1 heterocycles. The molecule has 0 unspecified atom stereocenters. The van der Waals surface area contributed by atoms with Crippen LogP contribution in [-0.2, 0) is 19.1 Å². The third kappa shape index (κ3) is 2.72. The maximum atomic E-state index is 11.2. The van der Waals surface area contributed by atoms with Crippen LogP contribution in [0, 0.1) is 0 Å². The Labute approximate surface area is 81.0 Å². The molecule has 2 N–H and O–H groups in total. The predicted molar refractivity (Wildman–Crippen MR) is 46.2 cm³/mol. The van der Waals surface area contributed by atoms with E-state index in [1.165, 1.54) is 7.11 Å². The van der Waals surface area contributed by atoms with Gasteiger partial charge < -0.3 is 15.4 Å². The van der Waals surface area contributed by atoms with E-state index in [0.717, 1.165) is 0 Å². The van der Waals surface area contributed by atoms with Crippen LogP contribution >= 0.6 is 0 Å². The number of ether oxygens (including phenoxy) is 1. The van der Waals surface area contributed by atoms with Gasteiger partial charge in [-0.2, -0.15) is 0 Å². The minimum atomic E-state index is -0.615. The first-order valence-electron chi connectivity index (χ1n) is 4.27. The van der Waals surface area contributed by atoms with Gasteiger partial charge in [0.05, 0.1) is 13.7 Å². The molecule has 1 atom stereocenters. The van der Waals surface area contributed by atoms with Crippen LogP contribution in [0.5, 0.6) is 0 Å². The molecule has 1 aliphatic heterocycles. The lowest BCUT2D eigenvalue weighted by Crippen LogP contribution is -2.56. The topological polar surface area (TPSA) is 84.5 Å². The number of esters is 1. The van der Waals surface area contributed by atoms with Crippen molar-refractivity contribution >= 4 is 17.8 Å². The quantitative estimate of drug-likeness (QED) is 0.546. The lowest BCUT2D eigenvalue weighted by molar-refractivity contribution is -0.141. The van der Waals surface area contributed by atoms with Crippen molar-refractivity contribution in [3.63, 3.8) is 0 Å². The summed E-state index contributed by atoms with van der Waals surface area (Å²) >= 11 is 0. The van der Waals surface area contributed by atoms with Crippen LogP contribution in [0.4, 0.5) is 0 Å². The Morgan fingerprint density at radius 1 is 1.57 bits per heavy atom. The first-order valence-corrected chi connectivity index (χ1v) is 4.27. The van der Waals surface area contributed by atoms with E-state index < -0.39 is 12.0 Å². The summed E-state index contributed by atoms with van der Waals surface area (Å²) in [5.41, 5.74) is 0. The predicted octanol–water partition coefficient (Wildman–Crippen LogP) is -1.45. The molecular weight excluding hydrogens is 188 g/mol. The smallest absolute Gasteiger partial charge is 0.305 e. The van der Waals surface area contributed by atoms with Crippen LogP contribution in [0.1, 0.15) is 12.8 Å². The molecule has 14 heavy (non-hydrogen) atoms. The van der Waals surface area contributed by atoms with Crippen molar-refractivity contribution in [3.05, 3.63) is 0 Å². The molecule has 1 fully saturated rings. The molecule has 1 rings (SSSR count). The number of rotatable bonds is 3. The molecule has 0 aromatic heterocycles. The van der Waals surface area contributed by atoms with Gasteiger partial charge in [0.15, 0.2) is 0 Å². The van der Waals surface area contributed by atoms with Crippen LogP contribution in [-0.4, -0.2) is 37.5 Å². The van der Waals surface area contributed by atoms with Gasteiger partial charge in [0, 0.05) is 6.42 Å². The van der Waals surface area contributed by atoms with Gasteiger partial charge >= 0.3 is 5.97 Å². The van der Waals surface area contributed by atoms with Gasteiger partial charge in [-0.25, -0.2) is 0 Å². The molecule has 0 bridgehead atoms. The summed E-state index contributed by atoms with van der Waals surface area (Å²) in [5.74, 6) is -0.884. The second-order valence-corrected chi connectivity index (χ2v) is 2.95. The minimum Gasteiger partial charge on any atom is -0.469 e. The van der Waals surface area contributed by atoms with E-state index in [-0.39, 0.29) is 31.2 Å². The third-order valence-corrected chi connectivity index (χ3v) is 1.94. The Morgan fingerprint density at radius 2 is 2.29 bits per heavy atom. The zero-order valence-corrected chi connectivity index (χ0v) is 7.83. The van der Waals surface area contributed by atoms with E-state index >= 15 is 0 Å². The zero-order valence-electron chi connectivity index (χ0n) is 7.83. The number of nitrogens with one attached hydrogen (secondary N) is 2. The molecule has 6 heteroatoms. The summed E-state index contributed by atoms with van der Waals surface area (Å²) in [6, 6.07) is -0.615. The first kappa shape index (κ1) is 10.5. The Bertz CT molecular complexity index is 264. The molecule has 1 aliphatic rings. The summed E-state index contributed by atoms with van der Waals surface area (Å²) in [5, 5.41) is 4.91. The molecule has 0 radical (unpaired) electrons. The summed E-state index contributed by atoms with van der Waals surface area (Å²) in [6.45, 7) is 0.00750. The maximum Gasteiger partial charge on any atom is 0.305 e. The van der Waals surface area contributed by atoms with Crippen LogP contribution in [0.15, 0.2) is 0 Å². The van der Waals surface area contributed by atoms with Crippen LogP contribution < -0.4 is 10.6 Å². The van der Waals surface area contributed by atoms with Crippen molar-refractivity contribution in [3.8, 4) is 0 Å². The van der Waals surface area contributed by atoms with E-state index in [1.807, 2.05) is 0 Å². The number of amides is 2. The second kappa shape index (κ2) is 4.59. The number of piperazine rings is 1. The number of methoxy groups -OCH3 is 1. The van der Waals surface area contributed by atoms with Crippen LogP contribution in [0.25, 0.3) is 0 Å². The van der Waals surface area contributed by atoms with Gasteiger partial charge in [0.1, 0.15) is 6.04 Å². The normalized spacial score (nSPS) is 21.1. The fraction of sp³-hybridized carbons (Fsp3) is 0.625. The highest BCUT2D eigenvalue weighted by atomic mass is 16.5. The monoisotopic (exact) mass is 200 g/mol. The van der Waals surface area contributed by atoms with Crippen molar-refractivity contribution in [2.24, 2.45) is 0 Å². The van der Waals surface area contributed by atoms with Gasteiger partial charge in [0.2, 0.25) is 11.8 Å². The lowest BCUT2D eigenvalue weighted by Gasteiger charge is -2.22. The van der Waals surface area contributed by atoms with E-state index in [4.69, 9.17) is 0 Å². The van der Waals surface area contributed by atoms with Gasteiger partial charge in [0.25, 0.3) is 0 Å². The molecule has 0 aromatic carbocycles. The summed E-state index contributed by atoms with van der Waals surface area (Å²) < 4.78 is 4.42. The first-order chi connectivity index (χ1) is 6.63. The Morgan fingerprint density at radius 3 is 2.93 bits per heavy atom. The van der Waals surface area contributed by atoms with Gasteiger partial charge in [-0.05, 0) is 6.42 Å². The fourth-order valence-corrected chi connectivity index (χ4v) is 1.17. The molecule has 6 nitrogen and oxygen atoms in total. The van der Waals surface area contributed by atoms with Gasteiger partial charge in [-0.3, -0.25) is 14.4 Å². The van der Waals surface area contributed by atoms with Crippen molar-refractivity contribution in [2.45, 2.75) is 18.9 Å². The highest BCUT2D eigenvalue weighted by molar-refractivity contribution is 5.94. The van der Waals surface area contributed by atoms with Crippen molar-refractivity contribution in [1.82, 2.24) is 10.6 Å². The molecule has 78 valence electrons. The summed E-state index contributed by atoms with van der Waals surface area (Å²) in [6.07, 6.45) is 0.388. The zero-order chi connectivity index (χ0) is 10.6. The van der Waals surface area contributed by atoms with Crippen molar-refractivity contribution in [1.29, 1.82) is 0 Å². The highest BCUT2D eigenvalue weighted by Gasteiger charge is 2.26. The van der Waals surface area contributed by atoms with Gasteiger partial charge in [-0.15, -0.1) is 0 Å². The van der Waals surface area contributed by atoms with Crippen LogP contribution in [0.2, 0.25) is 0 Å². The Hall–Kier alpha value is -1.59. The molecule has 1 saturated heterocycles. The largest absolute Gasteiger partial charge is 0.469 e. The van der Waals surface area contributed by atoms with E-state index in [1.54, 1.807) is 0 Å². The summed E-state index contributed by atoms with van der Waals surface area (Å²) in [4.78, 5) is 32.8. The van der Waals surface area contributed by atoms with E-state index in [0.29, 0.717) is 0 Å². The number of hydrogen-bond acceptors (Lipinski definition) is 4. The van der Waals surface area contributed by atoms with E-state index in [2.05, 4.69) is 15.4 Å².